The first-order chi connectivity index (χ1) is 22.9. The van der Waals surface area contributed by atoms with Crippen LogP contribution in [-0.2, 0) is 36.4 Å². The van der Waals surface area contributed by atoms with Gasteiger partial charge in [-0.3, -0.25) is 14.4 Å². The molecule has 4 rings (SSSR count). The van der Waals surface area contributed by atoms with Crippen LogP contribution in [-0.4, -0.2) is 83.5 Å². The second kappa shape index (κ2) is 21.0. The van der Waals surface area contributed by atoms with Crippen LogP contribution < -0.4 is 30.2 Å². The molecule has 1 atom stereocenters. The third-order valence-corrected chi connectivity index (χ3v) is 7.55. The summed E-state index contributed by atoms with van der Waals surface area (Å²) in [5.74, 6) is 3.16. The molecule has 1 aromatic heterocycles. The molecule has 2 aromatic carbocycles. The number of nitrogens with one attached hydrogen (secondary N) is 2. The minimum atomic E-state index is -0.147. The SMILES string of the molecule is CO/C(C)=C\C(C)=O.CO/C(C)=C\C(C)=O.COc1cc2cc(C(=O)N3CC(CCl)c4ccc(NCCN)cc43)[nH]c2c(OC)c1OC.[Cr]. The van der Waals surface area contributed by atoms with Crippen LogP contribution in [0.2, 0.25) is 0 Å². The summed E-state index contributed by atoms with van der Waals surface area (Å²) >= 11 is 6.22. The molecular weight excluding hydrogens is 692 g/mol. The number of aromatic amines is 1. The summed E-state index contributed by atoms with van der Waals surface area (Å²) in [6.45, 7) is 8.13. The first kappa shape index (κ1) is 42.9. The minimum absolute atomic E-state index is 0. The average Bonchev–Trinajstić information content (AvgIpc) is 3.67. The van der Waals surface area contributed by atoms with Gasteiger partial charge in [-0.15, -0.1) is 11.6 Å². The molecule has 3 aromatic rings. The van der Waals surface area contributed by atoms with Crippen molar-refractivity contribution in [2.45, 2.75) is 33.6 Å². The summed E-state index contributed by atoms with van der Waals surface area (Å²) in [6, 6.07) is 9.61. The molecule has 0 saturated heterocycles. The molecule has 268 valence electrons. The van der Waals surface area contributed by atoms with Crippen LogP contribution in [0.3, 0.4) is 0 Å². The van der Waals surface area contributed by atoms with E-state index in [4.69, 9.17) is 41.0 Å². The van der Waals surface area contributed by atoms with Crippen molar-refractivity contribution >= 4 is 51.4 Å². The molecule has 12 nitrogen and oxygen atoms in total. The fraction of sp³-hybridized carbons (Fsp3) is 0.400. The number of fused-ring (bicyclic) bond motifs is 2. The van der Waals surface area contributed by atoms with Gasteiger partial charge in [0.15, 0.2) is 23.1 Å². The van der Waals surface area contributed by atoms with E-state index in [9.17, 15) is 14.4 Å². The van der Waals surface area contributed by atoms with E-state index in [1.54, 1.807) is 46.1 Å². The van der Waals surface area contributed by atoms with Crippen LogP contribution in [0.4, 0.5) is 11.4 Å². The van der Waals surface area contributed by atoms with Crippen LogP contribution >= 0.6 is 11.6 Å². The van der Waals surface area contributed by atoms with Crippen molar-refractivity contribution in [1.29, 1.82) is 0 Å². The Balaban J connectivity index is 0.000000588. The number of ketones is 2. The number of rotatable bonds is 12. The zero-order valence-electron chi connectivity index (χ0n) is 29.5. The molecule has 1 amide bonds. The summed E-state index contributed by atoms with van der Waals surface area (Å²) < 4.78 is 25.9. The summed E-state index contributed by atoms with van der Waals surface area (Å²) in [6.07, 6.45) is 2.89. The number of alkyl halides is 1. The molecule has 0 saturated carbocycles. The zero-order valence-corrected chi connectivity index (χ0v) is 31.6. The molecule has 49 heavy (non-hydrogen) atoms. The third kappa shape index (κ3) is 11.8. The van der Waals surface area contributed by atoms with Crippen molar-refractivity contribution < 1.29 is 55.4 Å². The molecule has 1 aliphatic heterocycles. The number of halogens is 1. The maximum atomic E-state index is 13.6. The van der Waals surface area contributed by atoms with E-state index in [-0.39, 0.29) is 40.8 Å². The predicted octanol–water partition coefficient (Wildman–Crippen LogP) is 5.80. The van der Waals surface area contributed by atoms with E-state index in [2.05, 4.69) is 10.3 Å². The number of nitrogens with two attached hydrogens (primary N) is 1. The summed E-state index contributed by atoms with van der Waals surface area (Å²) in [5.41, 5.74) is 9.54. The first-order valence-corrected chi connectivity index (χ1v) is 15.7. The quantitative estimate of drug-likeness (QED) is 0.118. The first-order valence-electron chi connectivity index (χ1n) is 15.1. The van der Waals surface area contributed by atoms with Crippen molar-refractivity contribution in [3.8, 4) is 17.2 Å². The Labute approximate surface area is 304 Å². The van der Waals surface area contributed by atoms with E-state index in [1.165, 1.54) is 40.2 Å². The molecule has 0 bridgehead atoms. The number of hydrogen-bond acceptors (Lipinski definition) is 10. The Hall–Kier alpha value is -4.15. The largest absolute Gasteiger partial charge is 0.501 e. The number of carbonyl (C=O) groups excluding carboxylic acids is 3. The van der Waals surface area contributed by atoms with Gasteiger partial charge in [-0.1, -0.05) is 6.07 Å². The summed E-state index contributed by atoms with van der Waals surface area (Å²) in [4.78, 5) is 39.1. The third-order valence-electron chi connectivity index (χ3n) is 7.18. The normalized spacial score (nSPS) is 13.4. The number of carbonyl (C=O) groups is 3. The van der Waals surface area contributed by atoms with Gasteiger partial charge in [0, 0.05) is 77.7 Å². The van der Waals surface area contributed by atoms with Gasteiger partial charge in [0.1, 0.15) is 5.69 Å². The van der Waals surface area contributed by atoms with Crippen molar-refractivity contribution in [3.63, 3.8) is 0 Å². The Morgan fingerprint density at radius 1 is 0.918 bits per heavy atom. The Morgan fingerprint density at radius 3 is 1.96 bits per heavy atom. The van der Waals surface area contributed by atoms with Crippen molar-refractivity contribution in [2.75, 3.05) is 71.3 Å². The maximum absolute atomic E-state index is 13.6. The number of anilines is 2. The van der Waals surface area contributed by atoms with Crippen LogP contribution in [0.5, 0.6) is 17.2 Å². The minimum Gasteiger partial charge on any atom is -0.501 e. The molecule has 0 radical (unpaired) electrons. The Bertz CT molecular complexity index is 1610. The van der Waals surface area contributed by atoms with Crippen LogP contribution in [0, 0.1) is 0 Å². The van der Waals surface area contributed by atoms with Gasteiger partial charge < -0.3 is 44.6 Å². The van der Waals surface area contributed by atoms with Gasteiger partial charge in [0.05, 0.1) is 52.6 Å². The van der Waals surface area contributed by atoms with Crippen molar-refractivity contribution in [3.05, 3.63) is 65.3 Å². The molecule has 14 heteroatoms. The number of amides is 1. The number of nitrogens with zero attached hydrogens (tertiary/aromatic N) is 1. The van der Waals surface area contributed by atoms with Crippen LogP contribution in [0.1, 0.15) is 49.7 Å². The molecule has 0 aliphatic carbocycles. The van der Waals surface area contributed by atoms with Gasteiger partial charge in [-0.2, -0.15) is 0 Å². The second-order valence-corrected chi connectivity index (χ2v) is 11.0. The van der Waals surface area contributed by atoms with Gasteiger partial charge in [-0.25, -0.2) is 0 Å². The predicted molar refractivity (Wildman–Crippen MR) is 190 cm³/mol. The smallest absolute Gasteiger partial charge is 0.274 e. The number of hydrogen-bond donors (Lipinski definition) is 3. The number of benzene rings is 2. The van der Waals surface area contributed by atoms with Crippen molar-refractivity contribution in [1.82, 2.24) is 4.98 Å². The molecule has 1 unspecified atom stereocenters. The van der Waals surface area contributed by atoms with E-state index in [1.807, 2.05) is 24.3 Å². The van der Waals surface area contributed by atoms with Crippen molar-refractivity contribution in [2.24, 2.45) is 5.73 Å². The fourth-order valence-electron chi connectivity index (χ4n) is 4.89. The molecular formula is C35H47ClCrN4O8. The Kier molecular flexibility index (Phi) is 18.4. The second-order valence-electron chi connectivity index (χ2n) is 10.7. The monoisotopic (exact) mass is 738 g/mol. The van der Waals surface area contributed by atoms with Gasteiger partial charge >= 0.3 is 0 Å². The number of ether oxygens (including phenoxy) is 5. The zero-order chi connectivity index (χ0) is 36.0. The summed E-state index contributed by atoms with van der Waals surface area (Å²) in [5, 5.41) is 4.06. The van der Waals surface area contributed by atoms with E-state index in [0.717, 1.165) is 22.3 Å². The molecule has 4 N–H and O–H groups in total. The average molecular weight is 739 g/mol. The molecule has 0 fully saturated rings. The fourth-order valence-corrected chi connectivity index (χ4v) is 5.15. The van der Waals surface area contributed by atoms with E-state index in [0.29, 0.717) is 65.5 Å². The number of allylic oxidation sites excluding steroid dienone is 4. The van der Waals surface area contributed by atoms with E-state index >= 15 is 0 Å². The number of aromatic nitrogens is 1. The molecule has 0 spiro atoms. The maximum Gasteiger partial charge on any atom is 0.274 e. The van der Waals surface area contributed by atoms with Gasteiger partial charge in [0.25, 0.3) is 5.91 Å². The van der Waals surface area contributed by atoms with Gasteiger partial charge in [0.2, 0.25) is 5.75 Å². The Morgan fingerprint density at radius 2 is 1.51 bits per heavy atom. The topological polar surface area (TPSA) is 154 Å². The number of methoxy groups -OCH3 is 5. The van der Waals surface area contributed by atoms with Gasteiger partial charge in [-0.05, 0) is 57.5 Å². The summed E-state index contributed by atoms with van der Waals surface area (Å²) in [7, 11) is 7.73. The van der Waals surface area contributed by atoms with Crippen LogP contribution in [0.15, 0.2) is 54.0 Å². The number of H-pyrrole nitrogens is 1. The standard InChI is InChI=1S/C23H27ClN4O4.2C6H10O2.Cr/c1-30-19-9-13-8-17(27-20(13)22(32-3)21(19)31-2)23(29)28-12-14(11-24)16-5-4-15(10-18(16)28)26-7-6-25;2*1-5(7)4-6(2)8-3;/h4-5,8-10,14,26-27H,6-7,11-12,25H2,1-3H3;2*4H,1-3H3;/b;2*6-4-;. The van der Waals surface area contributed by atoms with Crippen LogP contribution in [0.25, 0.3) is 10.9 Å². The molecule has 1 aliphatic rings. The molecule has 2 heterocycles. The van der Waals surface area contributed by atoms with E-state index < -0.39 is 0 Å².